The maximum atomic E-state index is 9.44. The lowest BCUT2D eigenvalue weighted by Crippen LogP contribution is -1.97. The first-order chi connectivity index (χ1) is 6.36. The van der Waals surface area contributed by atoms with E-state index in [1.807, 2.05) is 24.3 Å². The predicted octanol–water partition coefficient (Wildman–Crippen LogP) is 1.53. The van der Waals surface area contributed by atoms with E-state index < -0.39 is 0 Å². The van der Waals surface area contributed by atoms with Crippen molar-refractivity contribution >= 4 is 16.7 Å². The zero-order valence-corrected chi connectivity index (χ0v) is 6.75. The molecular weight excluding hydrogens is 166 g/mol. The fourth-order valence-corrected chi connectivity index (χ4v) is 1.56. The van der Waals surface area contributed by atoms with Gasteiger partial charge in [-0.15, -0.1) is 4.85 Å². The maximum Gasteiger partial charge on any atom is 0.157 e. The van der Waals surface area contributed by atoms with Crippen LogP contribution in [0.4, 0.5) is 0 Å². The van der Waals surface area contributed by atoms with Crippen molar-refractivity contribution in [1.82, 2.24) is 14.3 Å². The van der Waals surface area contributed by atoms with Crippen LogP contribution in [0, 0.1) is 0 Å². The molecular formula is C9H7N3O. The van der Waals surface area contributed by atoms with E-state index in [4.69, 9.17) is 0 Å². The van der Waals surface area contributed by atoms with Gasteiger partial charge in [0.2, 0.25) is 0 Å². The number of imidazole rings is 1. The Hall–Kier alpha value is -1.97. The number of benzene rings is 1. The van der Waals surface area contributed by atoms with Crippen molar-refractivity contribution in [3.8, 4) is 0 Å². The van der Waals surface area contributed by atoms with Crippen LogP contribution >= 0.6 is 0 Å². The first-order valence-corrected chi connectivity index (χ1v) is 4.00. The highest BCUT2D eigenvalue weighted by atomic mass is 16.5. The predicted molar refractivity (Wildman–Crippen MR) is 47.9 cm³/mol. The summed E-state index contributed by atoms with van der Waals surface area (Å²) in [5, 5.41) is 9.44. The van der Waals surface area contributed by atoms with E-state index in [0.717, 1.165) is 21.5 Å². The highest BCUT2D eigenvalue weighted by Crippen LogP contribution is 2.15. The van der Waals surface area contributed by atoms with E-state index >= 15 is 0 Å². The number of para-hydroxylation sites is 2. The number of fused-ring (bicyclic) bond motifs is 3. The van der Waals surface area contributed by atoms with Gasteiger partial charge in [0.1, 0.15) is 0 Å². The van der Waals surface area contributed by atoms with Crippen LogP contribution in [0.2, 0.25) is 0 Å². The van der Waals surface area contributed by atoms with Crippen molar-refractivity contribution in [2.45, 2.75) is 0 Å². The molecule has 0 amide bonds. The van der Waals surface area contributed by atoms with Crippen molar-refractivity contribution in [3.05, 3.63) is 36.5 Å². The third-order valence-electron chi connectivity index (χ3n) is 2.12. The zero-order valence-electron chi connectivity index (χ0n) is 6.75. The zero-order chi connectivity index (χ0) is 8.84. The first kappa shape index (κ1) is 6.54. The highest BCUT2D eigenvalue weighted by Gasteiger charge is 2.05. The summed E-state index contributed by atoms with van der Waals surface area (Å²) in [6.07, 6.45) is 1.56. The summed E-state index contributed by atoms with van der Waals surface area (Å²) in [5.74, 6) is 0. The Labute approximate surface area is 73.6 Å². The fourth-order valence-electron chi connectivity index (χ4n) is 1.56. The minimum atomic E-state index is 0.753. The molecule has 0 aliphatic heterocycles. The van der Waals surface area contributed by atoms with E-state index in [-0.39, 0.29) is 0 Å². The van der Waals surface area contributed by atoms with Crippen molar-refractivity contribution < 1.29 is 5.21 Å². The largest absolute Gasteiger partial charge is 0.413 e. The maximum absolute atomic E-state index is 9.44. The number of nitrogens with zero attached hydrogens (tertiary/aromatic N) is 3. The summed E-state index contributed by atoms with van der Waals surface area (Å²) >= 11 is 0. The Bertz CT molecular complexity index is 579. The molecule has 0 aliphatic rings. The van der Waals surface area contributed by atoms with Gasteiger partial charge >= 0.3 is 0 Å². The van der Waals surface area contributed by atoms with E-state index in [1.165, 1.54) is 0 Å². The smallest absolute Gasteiger partial charge is 0.157 e. The second kappa shape index (κ2) is 2.04. The van der Waals surface area contributed by atoms with E-state index in [1.54, 1.807) is 16.8 Å². The molecule has 0 saturated carbocycles. The van der Waals surface area contributed by atoms with E-state index in [9.17, 15) is 5.21 Å². The molecule has 0 bridgehead atoms. The molecule has 3 aromatic rings. The number of hydrogen-bond donors (Lipinski definition) is 1. The molecule has 64 valence electrons. The Balaban J connectivity index is 2.66. The van der Waals surface area contributed by atoms with Gasteiger partial charge in [-0.25, -0.2) is 9.50 Å². The summed E-state index contributed by atoms with van der Waals surface area (Å²) in [7, 11) is 0. The minimum absolute atomic E-state index is 0.753. The first-order valence-electron chi connectivity index (χ1n) is 4.00. The molecule has 4 nitrogen and oxygen atoms in total. The third kappa shape index (κ3) is 0.717. The molecule has 0 spiro atoms. The molecule has 1 aromatic carbocycles. The van der Waals surface area contributed by atoms with Crippen LogP contribution in [0.1, 0.15) is 0 Å². The van der Waals surface area contributed by atoms with Crippen LogP contribution in [-0.2, 0) is 0 Å². The molecule has 0 aliphatic carbocycles. The molecule has 4 heteroatoms. The van der Waals surface area contributed by atoms with Crippen LogP contribution in [0.25, 0.3) is 16.7 Å². The SMILES string of the molecule is On1ccc2nc3ccccc3n21. The van der Waals surface area contributed by atoms with Gasteiger partial charge in [-0.05, 0) is 12.1 Å². The molecule has 3 rings (SSSR count). The standard InChI is InChI=1S/C9H7N3O/c13-11-6-5-9-10-7-3-1-2-4-8(7)12(9)11/h1-6,13H. The minimum Gasteiger partial charge on any atom is -0.413 e. The average Bonchev–Trinajstić information content (AvgIpc) is 2.66. The molecule has 0 radical (unpaired) electrons. The summed E-state index contributed by atoms with van der Waals surface area (Å²) in [6, 6.07) is 9.45. The van der Waals surface area contributed by atoms with Gasteiger partial charge in [0.05, 0.1) is 17.2 Å². The molecule has 13 heavy (non-hydrogen) atoms. The van der Waals surface area contributed by atoms with Crippen LogP contribution in [0.15, 0.2) is 36.5 Å². The summed E-state index contributed by atoms with van der Waals surface area (Å²) in [6.45, 7) is 0. The van der Waals surface area contributed by atoms with Crippen molar-refractivity contribution in [2.24, 2.45) is 0 Å². The van der Waals surface area contributed by atoms with Crippen molar-refractivity contribution in [2.75, 3.05) is 0 Å². The molecule has 0 saturated heterocycles. The number of hydrogen-bond acceptors (Lipinski definition) is 2. The van der Waals surface area contributed by atoms with Gasteiger partial charge in [0.25, 0.3) is 0 Å². The number of rotatable bonds is 0. The monoisotopic (exact) mass is 173 g/mol. The quantitative estimate of drug-likeness (QED) is 0.524. The van der Waals surface area contributed by atoms with E-state index in [0.29, 0.717) is 0 Å². The van der Waals surface area contributed by atoms with Crippen LogP contribution in [0.5, 0.6) is 0 Å². The average molecular weight is 173 g/mol. The molecule has 2 aromatic heterocycles. The summed E-state index contributed by atoms with van der Waals surface area (Å²) in [4.78, 5) is 5.35. The third-order valence-corrected chi connectivity index (χ3v) is 2.12. The van der Waals surface area contributed by atoms with Gasteiger partial charge in [0.15, 0.2) is 5.65 Å². The van der Waals surface area contributed by atoms with Gasteiger partial charge in [-0.3, -0.25) is 0 Å². The Morgan fingerprint density at radius 3 is 2.92 bits per heavy atom. The van der Waals surface area contributed by atoms with Gasteiger partial charge in [-0.1, -0.05) is 12.1 Å². The molecule has 0 atom stereocenters. The van der Waals surface area contributed by atoms with Crippen LogP contribution < -0.4 is 0 Å². The van der Waals surface area contributed by atoms with Gasteiger partial charge < -0.3 is 5.21 Å². The molecule has 0 fully saturated rings. The lowest BCUT2D eigenvalue weighted by Gasteiger charge is -1.94. The van der Waals surface area contributed by atoms with Crippen molar-refractivity contribution in [3.63, 3.8) is 0 Å². The Kier molecular flexibility index (Phi) is 1.02. The normalized spacial score (nSPS) is 11.4. The Morgan fingerprint density at radius 1 is 1.15 bits per heavy atom. The Morgan fingerprint density at radius 2 is 2.00 bits per heavy atom. The molecule has 2 heterocycles. The summed E-state index contributed by atoms with van der Waals surface area (Å²) in [5.41, 5.74) is 2.55. The second-order valence-corrected chi connectivity index (χ2v) is 2.91. The lowest BCUT2D eigenvalue weighted by molar-refractivity contribution is 0.140. The van der Waals surface area contributed by atoms with E-state index in [2.05, 4.69) is 4.98 Å². The fraction of sp³-hybridized carbons (Fsp3) is 0. The number of aromatic nitrogens is 3. The van der Waals surface area contributed by atoms with Crippen LogP contribution in [-0.4, -0.2) is 19.6 Å². The topological polar surface area (TPSA) is 42.5 Å². The van der Waals surface area contributed by atoms with Gasteiger partial charge in [0, 0.05) is 6.07 Å². The lowest BCUT2D eigenvalue weighted by atomic mass is 10.3. The second-order valence-electron chi connectivity index (χ2n) is 2.91. The highest BCUT2D eigenvalue weighted by molar-refractivity contribution is 5.79. The molecule has 1 N–H and O–H groups in total. The van der Waals surface area contributed by atoms with Gasteiger partial charge in [-0.2, -0.15) is 0 Å². The van der Waals surface area contributed by atoms with Crippen molar-refractivity contribution in [1.29, 1.82) is 0 Å². The van der Waals surface area contributed by atoms with Crippen LogP contribution in [0.3, 0.4) is 0 Å². The summed E-state index contributed by atoms with van der Waals surface area (Å²) < 4.78 is 1.65. The molecule has 0 unspecified atom stereocenters.